The molecule has 0 spiro atoms. The van der Waals surface area contributed by atoms with Crippen LogP contribution >= 0.6 is 0 Å². The Hall–Kier alpha value is -3.46. The average Bonchev–Trinajstić information content (AvgIpc) is 2.87. The average molecular weight is 502 g/mol. The van der Waals surface area contributed by atoms with Crippen LogP contribution in [0.1, 0.15) is 34.8 Å². The van der Waals surface area contributed by atoms with E-state index >= 15 is 0 Å². The summed E-state index contributed by atoms with van der Waals surface area (Å²) in [4.78, 5) is 39.6. The van der Waals surface area contributed by atoms with Crippen LogP contribution in [0.2, 0.25) is 0 Å². The van der Waals surface area contributed by atoms with E-state index in [1.54, 1.807) is 43.3 Å². The lowest BCUT2D eigenvalue weighted by Gasteiger charge is -2.23. The molecule has 188 valence electrons. The highest BCUT2D eigenvalue weighted by Gasteiger charge is 2.26. The molecule has 8 nitrogen and oxygen atoms in total. The minimum Gasteiger partial charge on any atom is -0.493 e. The van der Waals surface area contributed by atoms with Gasteiger partial charge in [-0.1, -0.05) is 37.8 Å². The summed E-state index contributed by atoms with van der Waals surface area (Å²) < 4.78 is 27.4. The van der Waals surface area contributed by atoms with Crippen molar-refractivity contribution in [2.24, 2.45) is 0 Å². The molecular weight excluding hydrogens is 470 g/mol. The molecule has 1 unspecified atom stereocenters. The Bertz CT molecular complexity index is 1110. The summed E-state index contributed by atoms with van der Waals surface area (Å²) in [5, 5.41) is 0. The van der Waals surface area contributed by atoms with Gasteiger partial charge in [-0.15, -0.1) is 0 Å². The second-order valence-electron chi connectivity index (χ2n) is 7.59. The smallest absolute Gasteiger partial charge is 0.333 e. The van der Waals surface area contributed by atoms with E-state index in [9.17, 15) is 18.6 Å². The summed E-state index contributed by atoms with van der Waals surface area (Å²) in [5.74, 6) is -0.0966. The van der Waals surface area contributed by atoms with Gasteiger partial charge in [-0.2, -0.15) is 0 Å². The first kappa shape index (κ1) is 27.8. The van der Waals surface area contributed by atoms with Crippen molar-refractivity contribution in [3.63, 3.8) is 0 Å². The minimum atomic E-state index is -1.14. The molecule has 9 heteroatoms. The molecule has 0 fully saturated rings. The third-order valence-corrected chi connectivity index (χ3v) is 6.62. The van der Waals surface area contributed by atoms with Gasteiger partial charge in [-0.3, -0.25) is 18.7 Å². The Morgan fingerprint density at radius 3 is 2.31 bits per heavy atom. The van der Waals surface area contributed by atoms with Crippen LogP contribution in [0.4, 0.5) is 0 Å². The number of imide groups is 1. The lowest BCUT2D eigenvalue weighted by Crippen LogP contribution is -2.39. The van der Waals surface area contributed by atoms with Crippen molar-refractivity contribution >= 4 is 28.6 Å². The third kappa shape index (κ3) is 7.51. The largest absolute Gasteiger partial charge is 0.493 e. The summed E-state index contributed by atoms with van der Waals surface area (Å²) in [5.41, 5.74) is 1.65. The Morgan fingerprint density at radius 2 is 1.69 bits per heavy atom. The molecule has 2 aromatic rings. The zero-order valence-electron chi connectivity index (χ0n) is 20.5. The molecule has 0 aliphatic heterocycles. The van der Waals surface area contributed by atoms with E-state index in [0.29, 0.717) is 34.8 Å². The van der Waals surface area contributed by atoms with Gasteiger partial charge in [0, 0.05) is 40.0 Å². The van der Waals surface area contributed by atoms with Gasteiger partial charge < -0.3 is 14.2 Å². The van der Waals surface area contributed by atoms with Crippen molar-refractivity contribution in [3.8, 4) is 11.5 Å². The van der Waals surface area contributed by atoms with Crippen LogP contribution in [0.25, 0.3) is 0 Å². The monoisotopic (exact) mass is 501 g/mol. The topological polar surface area (TPSA) is 99.2 Å². The fourth-order valence-electron chi connectivity index (χ4n) is 3.39. The molecule has 2 amide bonds. The number of carbonyl (C=O) groups excluding carboxylic acids is 3. The van der Waals surface area contributed by atoms with Crippen LogP contribution in [0, 0.1) is 0 Å². The number of amides is 2. The number of nitrogens with zero attached hydrogens (tertiary/aromatic N) is 1. The van der Waals surface area contributed by atoms with Crippen molar-refractivity contribution in [1.29, 1.82) is 0 Å². The molecule has 0 saturated heterocycles. The number of benzene rings is 2. The van der Waals surface area contributed by atoms with Crippen molar-refractivity contribution in [1.82, 2.24) is 4.90 Å². The van der Waals surface area contributed by atoms with Crippen LogP contribution in [-0.2, 0) is 37.3 Å². The second kappa shape index (κ2) is 13.4. The maximum absolute atomic E-state index is 13.6. The van der Waals surface area contributed by atoms with E-state index in [0.717, 1.165) is 10.5 Å². The zero-order chi connectivity index (χ0) is 26.0. The van der Waals surface area contributed by atoms with Gasteiger partial charge in [0.05, 0.1) is 27.8 Å². The van der Waals surface area contributed by atoms with Gasteiger partial charge in [-0.05, 0) is 35.7 Å². The molecule has 0 N–H and O–H groups in total. The number of hydrogen-bond donors (Lipinski definition) is 0. The maximum Gasteiger partial charge on any atom is 0.333 e. The molecule has 0 aliphatic rings. The molecule has 0 heterocycles. The summed E-state index contributed by atoms with van der Waals surface area (Å²) in [6.07, 6.45) is -0.0288. The maximum atomic E-state index is 13.6. The fourth-order valence-corrected chi connectivity index (χ4v) is 4.19. The fraction of sp³-hybridized carbons (Fsp3) is 0.346. The van der Waals surface area contributed by atoms with Crippen LogP contribution in [-0.4, -0.2) is 60.5 Å². The van der Waals surface area contributed by atoms with Gasteiger partial charge in [0.1, 0.15) is 0 Å². The van der Waals surface area contributed by atoms with Gasteiger partial charge in [0.25, 0.3) is 5.91 Å². The van der Waals surface area contributed by atoms with E-state index in [2.05, 4.69) is 11.3 Å². The summed E-state index contributed by atoms with van der Waals surface area (Å²) in [6.45, 7) is 5.46. The van der Waals surface area contributed by atoms with Gasteiger partial charge in [0.15, 0.2) is 11.5 Å². The second-order valence-corrected chi connectivity index (χ2v) is 9.34. The third-order valence-electron chi connectivity index (χ3n) is 5.34. The SMILES string of the molecule is C=C(CC(=O)N(CCc1ccc(OC)c(OC)c1)C(=O)c1ccccc1CS(=O)CC)C(=O)OC. The number of ether oxygens (including phenoxy) is 3. The summed E-state index contributed by atoms with van der Waals surface area (Å²) in [7, 11) is 3.11. The highest BCUT2D eigenvalue weighted by Crippen LogP contribution is 2.28. The molecule has 0 radical (unpaired) electrons. The highest BCUT2D eigenvalue weighted by atomic mass is 32.2. The highest BCUT2D eigenvalue weighted by molar-refractivity contribution is 7.84. The number of carbonyl (C=O) groups is 3. The van der Waals surface area contributed by atoms with E-state index < -0.39 is 28.6 Å². The first-order valence-corrected chi connectivity index (χ1v) is 12.5. The standard InChI is InChI=1S/C26H31NO7S/c1-6-35(31)17-20-9-7-8-10-21(20)25(29)27(24(28)15-18(2)26(30)34-5)14-13-19-11-12-22(32-3)23(16-19)33-4/h7-12,16H,2,6,13-15,17H2,1,3-5H3. The predicted octanol–water partition coefficient (Wildman–Crippen LogP) is 3.30. The van der Waals surface area contributed by atoms with E-state index in [4.69, 9.17) is 9.47 Å². The van der Waals surface area contributed by atoms with Crippen LogP contribution in [0.3, 0.4) is 0 Å². The van der Waals surface area contributed by atoms with E-state index in [1.165, 1.54) is 21.3 Å². The predicted molar refractivity (Wildman–Crippen MR) is 134 cm³/mol. The van der Waals surface area contributed by atoms with Gasteiger partial charge in [0.2, 0.25) is 5.91 Å². The Labute approximate surface area is 208 Å². The normalized spacial score (nSPS) is 11.3. The Kier molecular flexibility index (Phi) is 10.7. The first-order chi connectivity index (χ1) is 16.7. The van der Waals surface area contributed by atoms with Crippen LogP contribution in [0.5, 0.6) is 11.5 Å². The zero-order valence-corrected chi connectivity index (χ0v) is 21.3. The van der Waals surface area contributed by atoms with Crippen molar-refractivity contribution < 1.29 is 32.8 Å². The summed E-state index contributed by atoms with van der Waals surface area (Å²) in [6, 6.07) is 12.1. The van der Waals surface area contributed by atoms with Gasteiger partial charge >= 0.3 is 5.97 Å². The molecule has 0 aliphatic carbocycles. The van der Waals surface area contributed by atoms with Crippen LogP contribution < -0.4 is 9.47 Å². The van der Waals surface area contributed by atoms with Crippen molar-refractivity contribution in [2.45, 2.75) is 25.5 Å². The molecule has 1 atom stereocenters. The molecule has 2 aromatic carbocycles. The lowest BCUT2D eigenvalue weighted by atomic mass is 10.1. The van der Waals surface area contributed by atoms with Crippen molar-refractivity contribution in [3.05, 3.63) is 71.3 Å². The molecule has 0 aromatic heterocycles. The number of esters is 1. The minimum absolute atomic E-state index is 0.0484. The molecular formula is C26H31NO7S. The molecule has 0 saturated carbocycles. The molecule has 2 rings (SSSR count). The summed E-state index contributed by atoms with van der Waals surface area (Å²) >= 11 is 0. The van der Waals surface area contributed by atoms with E-state index in [-0.39, 0.29) is 24.3 Å². The first-order valence-electron chi connectivity index (χ1n) is 11.0. The Morgan fingerprint density at radius 1 is 1.00 bits per heavy atom. The number of hydrogen-bond acceptors (Lipinski definition) is 7. The quantitative estimate of drug-likeness (QED) is 0.325. The molecule has 0 bridgehead atoms. The Balaban J connectivity index is 2.36. The van der Waals surface area contributed by atoms with Crippen LogP contribution in [0.15, 0.2) is 54.6 Å². The van der Waals surface area contributed by atoms with Gasteiger partial charge in [-0.25, -0.2) is 4.79 Å². The van der Waals surface area contributed by atoms with Crippen molar-refractivity contribution in [2.75, 3.05) is 33.6 Å². The number of methoxy groups -OCH3 is 3. The lowest BCUT2D eigenvalue weighted by molar-refractivity contribution is -0.138. The van der Waals surface area contributed by atoms with E-state index in [1.807, 2.05) is 6.07 Å². The number of rotatable bonds is 12. The molecule has 35 heavy (non-hydrogen) atoms.